The van der Waals surface area contributed by atoms with Gasteiger partial charge in [-0.2, -0.15) is 9.61 Å². The number of aromatic nitrogens is 4. The zero-order chi connectivity index (χ0) is 15.8. The van der Waals surface area contributed by atoms with Gasteiger partial charge >= 0.3 is 0 Å². The summed E-state index contributed by atoms with van der Waals surface area (Å²) in [6, 6.07) is 0. The van der Waals surface area contributed by atoms with Crippen LogP contribution in [0.5, 0.6) is 0 Å². The molecule has 1 N–H and O–H groups in total. The molecule has 6 nitrogen and oxygen atoms in total. The van der Waals surface area contributed by atoms with Crippen molar-refractivity contribution in [2.24, 2.45) is 0 Å². The summed E-state index contributed by atoms with van der Waals surface area (Å²) in [7, 11) is 1.72. The molecule has 1 aliphatic carbocycles. The second kappa shape index (κ2) is 6.05. The molecule has 0 saturated heterocycles. The van der Waals surface area contributed by atoms with E-state index in [0.29, 0.717) is 5.92 Å². The van der Waals surface area contributed by atoms with E-state index in [-0.39, 0.29) is 0 Å². The fourth-order valence-corrected chi connectivity index (χ4v) is 4.76. The number of methoxy groups -OCH3 is 1. The van der Waals surface area contributed by atoms with Crippen LogP contribution in [0.3, 0.4) is 0 Å². The van der Waals surface area contributed by atoms with E-state index in [2.05, 4.69) is 22.3 Å². The summed E-state index contributed by atoms with van der Waals surface area (Å²) in [5.74, 6) is 1.35. The first kappa shape index (κ1) is 14.8. The van der Waals surface area contributed by atoms with Gasteiger partial charge in [-0.05, 0) is 37.2 Å². The third-order valence-corrected chi connectivity index (χ3v) is 5.68. The van der Waals surface area contributed by atoms with Gasteiger partial charge in [0.25, 0.3) is 0 Å². The molecular weight excluding hydrogens is 310 g/mol. The average Bonchev–Trinajstić information content (AvgIpc) is 3.15. The molecule has 0 radical (unpaired) electrons. The number of ether oxygens (including phenoxy) is 1. The topological polar surface area (TPSA) is 64.3 Å². The van der Waals surface area contributed by atoms with Gasteiger partial charge in [-0.3, -0.25) is 0 Å². The number of rotatable bonds is 5. The third-order valence-electron chi connectivity index (χ3n) is 4.53. The van der Waals surface area contributed by atoms with E-state index < -0.39 is 0 Å². The van der Waals surface area contributed by atoms with Crippen LogP contribution in [-0.4, -0.2) is 39.8 Å². The van der Waals surface area contributed by atoms with E-state index >= 15 is 0 Å². The summed E-state index contributed by atoms with van der Waals surface area (Å²) in [6.45, 7) is 3.86. The summed E-state index contributed by atoms with van der Waals surface area (Å²) in [5, 5.41) is 8.95. The summed E-state index contributed by atoms with van der Waals surface area (Å²) in [5.41, 5.74) is 2.38. The molecule has 4 rings (SSSR count). The fraction of sp³-hybridized carbons (Fsp3) is 0.562. The van der Waals surface area contributed by atoms with Crippen LogP contribution in [0.4, 0.5) is 5.95 Å². The Bertz CT molecular complexity index is 840. The number of hydrogen-bond donors (Lipinski definition) is 1. The van der Waals surface area contributed by atoms with Crippen molar-refractivity contribution in [2.45, 2.75) is 38.5 Å². The van der Waals surface area contributed by atoms with Crippen molar-refractivity contribution < 1.29 is 4.74 Å². The monoisotopic (exact) mass is 331 g/mol. The Kier molecular flexibility index (Phi) is 3.90. The van der Waals surface area contributed by atoms with Gasteiger partial charge in [0.15, 0.2) is 5.65 Å². The van der Waals surface area contributed by atoms with Crippen molar-refractivity contribution in [3.05, 3.63) is 16.8 Å². The Labute approximate surface area is 138 Å². The highest BCUT2D eigenvalue weighted by Crippen LogP contribution is 2.43. The summed E-state index contributed by atoms with van der Waals surface area (Å²) < 4.78 is 6.93. The number of hydrogen-bond acceptors (Lipinski definition) is 6. The molecule has 0 aromatic carbocycles. The van der Waals surface area contributed by atoms with Crippen LogP contribution in [0.25, 0.3) is 15.9 Å². The molecule has 7 heteroatoms. The Morgan fingerprint density at radius 3 is 3.26 bits per heavy atom. The fourth-order valence-electron chi connectivity index (χ4n) is 3.43. The van der Waals surface area contributed by atoms with Crippen molar-refractivity contribution in [2.75, 3.05) is 25.6 Å². The first-order valence-corrected chi connectivity index (χ1v) is 8.99. The van der Waals surface area contributed by atoms with Crippen molar-refractivity contribution in [3.8, 4) is 0 Å². The molecule has 3 heterocycles. The number of nitrogens with one attached hydrogen (secondary N) is 1. The molecule has 0 amide bonds. The molecule has 3 aromatic rings. The standard InChI is InChI=1S/C16H21N5OS/c1-10-5-3-6-11-12(10)13-14-18-9-19-21(14)16(20-15(13)23-11)17-7-4-8-22-2/h9-10H,3-8H2,1-2H3,(H,17,20)/t10-/m0/s1. The van der Waals surface area contributed by atoms with Gasteiger partial charge in [0.1, 0.15) is 11.2 Å². The normalized spacial score (nSPS) is 17.7. The predicted molar refractivity (Wildman–Crippen MR) is 92.5 cm³/mol. The van der Waals surface area contributed by atoms with Gasteiger partial charge in [-0.15, -0.1) is 11.3 Å². The molecule has 0 spiro atoms. The molecule has 0 fully saturated rings. The minimum absolute atomic E-state index is 0.579. The number of nitrogens with zero attached hydrogens (tertiary/aromatic N) is 4. The van der Waals surface area contributed by atoms with Crippen molar-refractivity contribution >= 4 is 33.1 Å². The predicted octanol–water partition coefficient (Wildman–Crippen LogP) is 3.23. The van der Waals surface area contributed by atoms with E-state index in [1.165, 1.54) is 28.7 Å². The molecule has 1 atom stereocenters. The molecule has 23 heavy (non-hydrogen) atoms. The van der Waals surface area contributed by atoms with Crippen LogP contribution < -0.4 is 5.32 Å². The Hall–Kier alpha value is -1.73. The van der Waals surface area contributed by atoms with Gasteiger partial charge in [0.05, 0.1) is 5.39 Å². The highest BCUT2D eigenvalue weighted by atomic mass is 32.1. The number of fused-ring (bicyclic) bond motifs is 5. The van der Waals surface area contributed by atoms with Crippen LogP contribution in [0.1, 0.15) is 42.5 Å². The van der Waals surface area contributed by atoms with Gasteiger partial charge < -0.3 is 10.1 Å². The van der Waals surface area contributed by atoms with E-state index in [0.717, 1.165) is 42.4 Å². The molecule has 3 aromatic heterocycles. The Morgan fingerprint density at radius 2 is 2.39 bits per heavy atom. The lowest BCUT2D eigenvalue weighted by molar-refractivity contribution is 0.197. The zero-order valence-electron chi connectivity index (χ0n) is 13.5. The molecule has 0 unspecified atom stereocenters. The third kappa shape index (κ3) is 2.48. The first-order chi connectivity index (χ1) is 11.3. The second-order valence-electron chi connectivity index (χ2n) is 6.12. The molecule has 122 valence electrons. The number of aryl methyl sites for hydroxylation is 1. The first-order valence-electron chi connectivity index (χ1n) is 8.17. The molecule has 0 bridgehead atoms. The maximum absolute atomic E-state index is 5.10. The molecular formula is C16H21N5OS. The maximum Gasteiger partial charge on any atom is 0.227 e. The molecule has 0 aliphatic heterocycles. The van der Waals surface area contributed by atoms with Crippen molar-refractivity contribution in [1.82, 2.24) is 19.6 Å². The number of thiophene rings is 1. The van der Waals surface area contributed by atoms with E-state index in [9.17, 15) is 0 Å². The lowest BCUT2D eigenvalue weighted by Gasteiger charge is -2.18. The highest BCUT2D eigenvalue weighted by molar-refractivity contribution is 7.19. The largest absolute Gasteiger partial charge is 0.385 e. The average molecular weight is 331 g/mol. The minimum atomic E-state index is 0.579. The second-order valence-corrected chi connectivity index (χ2v) is 7.20. The lowest BCUT2D eigenvalue weighted by Crippen LogP contribution is -2.11. The maximum atomic E-state index is 5.10. The van der Waals surface area contributed by atoms with Gasteiger partial charge in [-0.25, -0.2) is 9.97 Å². The van der Waals surface area contributed by atoms with Gasteiger partial charge in [-0.1, -0.05) is 6.92 Å². The van der Waals surface area contributed by atoms with E-state index in [1.807, 2.05) is 15.9 Å². The van der Waals surface area contributed by atoms with Crippen LogP contribution in [-0.2, 0) is 11.2 Å². The quantitative estimate of drug-likeness (QED) is 0.727. The minimum Gasteiger partial charge on any atom is -0.385 e. The van der Waals surface area contributed by atoms with Crippen LogP contribution >= 0.6 is 11.3 Å². The summed E-state index contributed by atoms with van der Waals surface area (Å²) >= 11 is 1.82. The summed E-state index contributed by atoms with van der Waals surface area (Å²) in [4.78, 5) is 11.9. The molecule has 1 aliphatic rings. The smallest absolute Gasteiger partial charge is 0.227 e. The Morgan fingerprint density at radius 1 is 1.48 bits per heavy atom. The van der Waals surface area contributed by atoms with Crippen molar-refractivity contribution in [1.29, 1.82) is 0 Å². The zero-order valence-corrected chi connectivity index (χ0v) is 14.3. The lowest BCUT2D eigenvalue weighted by atomic mass is 9.87. The van der Waals surface area contributed by atoms with E-state index in [1.54, 1.807) is 13.4 Å². The van der Waals surface area contributed by atoms with Crippen LogP contribution in [0.15, 0.2) is 6.33 Å². The molecule has 0 saturated carbocycles. The van der Waals surface area contributed by atoms with Gasteiger partial charge in [0.2, 0.25) is 5.95 Å². The van der Waals surface area contributed by atoms with Crippen LogP contribution in [0, 0.1) is 0 Å². The van der Waals surface area contributed by atoms with Crippen molar-refractivity contribution in [3.63, 3.8) is 0 Å². The van der Waals surface area contributed by atoms with E-state index in [4.69, 9.17) is 9.72 Å². The van der Waals surface area contributed by atoms with Gasteiger partial charge in [0, 0.05) is 25.1 Å². The Balaban J connectivity index is 1.81. The number of anilines is 1. The highest BCUT2D eigenvalue weighted by Gasteiger charge is 2.25. The summed E-state index contributed by atoms with van der Waals surface area (Å²) in [6.07, 6.45) is 6.23. The SMILES string of the molecule is COCCCNc1nc2sc3c(c2c2ncnn12)[C@@H](C)CCC3. The van der Waals surface area contributed by atoms with Crippen LogP contribution in [0.2, 0.25) is 0 Å².